The molecule has 82 valence electrons. The summed E-state index contributed by atoms with van der Waals surface area (Å²) in [7, 11) is 0. The first-order valence-corrected chi connectivity index (χ1v) is 5.97. The van der Waals surface area contributed by atoms with Crippen LogP contribution in [0, 0.1) is 9.52 Å². The topological polar surface area (TPSA) is 27.1 Å². The number of aromatic nitrogens is 2. The van der Waals surface area contributed by atoms with Gasteiger partial charge in [-0.25, -0.2) is 9.37 Å². The minimum Gasteiger partial charge on any atom is -0.491 e. The zero-order chi connectivity index (χ0) is 11.1. The second kappa shape index (κ2) is 3.73. The molecule has 0 N–H and O–H groups in total. The van der Waals surface area contributed by atoms with Crippen molar-refractivity contribution in [2.45, 2.75) is 6.54 Å². The molecule has 0 radical (unpaired) electrons. The van der Waals surface area contributed by atoms with Crippen molar-refractivity contribution in [3.8, 4) is 17.1 Å². The molecule has 0 aliphatic carbocycles. The average Bonchev–Trinajstić information content (AvgIpc) is 2.52. The van der Waals surface area contributed by atoms with Crippen LogP contribution >= 0.6 is 22.6 Å². The number of nitrogens with zero attached hydrogens (tertiary/aromatic N) is 2. The number of hydrogen-bond acceptors (Lipinski definition) is 2. The summed E-state index contributed by atoms with van der Waals surface area (Å²) < 4.78 is 21.6. The number of benzene rings is 1. The van der Waals surface area contributed by atoms with Gasteiger partial charge >= 0.3 is 0 Å². The number of halogens is 2. The predicted molar refractivity (Wildman–Crippen MR) is 65.8 cm³/mol. The molecule has 1 aromatic carbocycles. The van der Waals surface area contributed by atoms with Gasteiger partial charge in [0, 0.05) is 12.3 Å². The molecule has 3 rings (SSSR count). The fourth-order valence-corrected chi connectivity index (χ4v) is 2.39. The Labute approximate surface area is 105 Å². The Bertz CT molecular complexity index is 553. The largest absolute Gasteiger partial charge is 0.491 e. The molecular formula is C11H8FIN2O. The number of imidazole rings is 1. The van der Waals surface area contributed by atoms with E-state index in [-0.39, 0.29) is 5.82 Å². The third-order valence-electron chi connectivity index (χ3n) is 2.52. The maximum atomic E-state index is 13.1. The highest BCUT2D eigenvalue weighted by Gasteiger charge is 2.17. The van der Waals surface area contributed by atoms with Gasteiger partial charge in [-0.05, 0) is 34.7 Å². The first-order chi connectivity index (χ1) is 7.74. The van der Waals surface area contributed by atoms with Crippen molar-refractivity contribution in [1.82, 2.24) is 9.55 Å². The standard InChI is InChI=1S/C11H8FIN2O/c12-7-1-2-8-9(5-7)16-4-3-15-6-10(13)14-11(8)15/h1-2,5-6H,3-4H2. The molecule has 0 bridgehead atoms. The lowest BCUT2D eigenvalue weighted by molar-refractivity contribution is 0.305. The van der Waals surface area contributed by atoms with E-state index >= 15 is 0 Å². The molecule has 3 nitrogen and oxygen atoms in total. The van der Waals surface area contributed by atoms with Gasteiger partial charge in [-0.15, -0.1) is 0 Å². The van der Waals surface area contributed by atoms with Crippen molar-refractivity contribution < 1.29 is 9.13 Å². The van der Waals surface area contributed by atoms with Crippen LogP contribution in [0.15, 0.2) is 24.4 Å². The summed E-state index contributed by atoms with van der Waals surface area (Å²) in [5.74, 6) is 1.13. The molecule has 0 saturated carbocycles. The highest BCUT2D eigenvalue weighted by Crippen LogP contribution is 2.32. The average molecular weight is 330 g/mol. The van der Waals surface area contributed by atoms with Gasteiger partial charge in [0.05, 0.1) is 12.1 Å². The van der Waals surface area contributed by atoms with Crippen molar-refractivity contribution >= 4 is 22.6 Å². The van der Waals surface area contributed by atoms with Crippen LogP contribution in [0.3, 0.4) is 0 Å². The van der Waals surface area contributed by atoms with E-state index in [1.807, 2.05) is 10.8 Å². The molecule has 2 aromatic rings. The third kappa shape index (κ3) is 1.59. The molecule has 1 aliphatic rings. The lowest BCUT2D eigenvalue weighted by atomic mass is 10.2. The second-order valence-electron chi connectivity index (χ2n) is 3.57. The van der Waals surface area contributed by atoms with Gasteiger partial charge in [-0.2, -0.15) is 0 Å². The van der Waals surface area contributed by atoms with Crippen LogP contribution in [0.4, 0.5) is 4.39 Å². The Kier molecular flexibility index (Phi) is 2.34. The van der Waals surface area contributed by atoms with E-state index in [0.29, 0.717) is 12.4 Å². The lowest BCUT2D eigenvalue weighted by Crippen LogP contribution is -2.04. The van der Waals surface area contributed by atoms with Gasteiger partial charge in [-0.1, -0.05) is 0 Å². The lowest BCUT2D eigenvalue weighted by Gasteiger charge is -2.05. The van der Waals surface area contributed by atoms with Crippen LogP contribution in [0.1, 0.15) is 0 Å². The molecular weight excluding hydrogens is 322 g/mol. The minimum atomic E-state index is -0.284. The predicted octanol–water partition coefficient (Wildman–Crippen LogP) is 2.69. The number of hydrogen-bond donors (Lipinski definition) is 0. The summed E-state index contributed by atoms with van der Waals surface area (Å²) in [5.41, 5.74) is 0.849. The molecule has 0 amide bonds. The van der Waals surface area contributed by atoms with Crippen LogP contribution < -0.4 is 4.74 Å². The molecule has 0 saturated heterocycles. The van der Waals surface area contributed by atoms with E-state index in [0.717, 1.165) is 21.6 Å². The van der Waals surface area contributed by atoms with Crippen molar-refractivity contribution in [3.63, 3.8) is 0 Å². The Morgan fingerprint density at radius 2 is 2.31 bits per heavy atom. The van der Waals surface area contributed by atoms with Gasteiger partial charge in [0.1, 0.15) is 27.7 Å². The van der Waals surface area contributed by atoms with E-state index in [4.69, 9.17) is 4.74 Å². The van der Waals surface area contributed by atoms with E-state index in [1.165, 1.54) is 12.1 Å². The van der Waals surface area contributed by atoms with Gasteiger partial charge in [0.15, 0.2) is 0 Å². The highest BCUT2D eigenvalue weighted by atomic mass is 127. The maximum Gasteiger partial charge on any atom is 0.145 e. The quantitative estimate of drug-likeness (QED) is 0.695. The van der Waals surface area contributed by atoms with Crippen LogP contribution in [0.25, 0.3) is 11.4 Å². The molecule has 0 spiro atoms. The SMILES string of the molecule is Fc1ccc2c(c1)OCCn1cc(I)nc1-2. The summed E-state index contributed by atoms with van der Waals surface area (Å²) in [6.45, 7) is 1.28. The van der Waals surface area contributed by atoms with Crippen molar-refractivity contribution in [3.05, 3.63) is 33.9 Å². The number of rotatable bonds is 0. The summed E-state index contributed by atoms with van der Waals surface area (Å²) >= 11 is 2.17. The fourth-order valence-electron chi connectivity index (χ4n) is 1.82. The Morgan fingerprint density at radius 1 is 1.44 bits per heavy atom. The van der Waals surface area contributed by atoms with Crippen molar-refractivity contribution in [2.75, 3.05) is 6.61 Å². The second-order valence-corrected chi connectivity index (χ2v) is 4.67. The van der Waals surface area contributed by atoms with E-state index in [1.54, 1.807) is 6.07 Å². The van der Waals surface area contributed by atoms with Crippen molar-refractivity contribution in [1.29, 1.82) is 0 Å². The summed E-state index contributed by atoms with van der Waals surface area (Å²) in [5, 5.41) is 0. The smallest absolute Gasteiger partial charge is 0.145 e. The van der Waals surface area contributed by atoms with Crippen molar-refractivity contribution in [2.24, 2.45) is 0 Å². The van der Waals surface area contributed by atoms with Crippen LogP contribution in [-0.2, 0) is 6.54 Å². The monoisotopic (exact) mass is 330 g/mol. The molecule has 2 heterocycles. The summed E-state index contributed by atoms with van der Waals surface area (Å²) in [6, 6.07) is 4.55. The zero-order valence-electron chi connectivity index (χ0n) is 8.28. The Balaban J connectivity index is 2.24. The van der Waals surface area contributed by atoms with E-state index < -0.39 is 0 Å². The Hall–Kier alpha value is -1.11. The zero-order valence-corrected chi connectivity index (χ0v) is 10.4. The van der Waals surface area contributed by atoms with E-state index in [2.05, 4.69) is 27.6 Å². The summed E-state index contributed by atoms with van der Waals surface area (Å²) in [6.07, 6.45) is 1.97. The molecule has 16 heavy (non-hydrogen) atoms. The molecule has 0 atom stereocenters. The molecule has 0 fully saturated rings. The molecule has 5 heteroatoms. The third-order valence-corrected chi connectivity index (χ3v) is 3.04. The fraction of sp³-hybridized carbons (Fsp3) is 0.182. The van der Waals surface area contributed by atoms with Crippen LogP contribution in [0.5, 0.6) is 5.75 Å². The van der Waals surface area contributed by atoms with Gasteiger partial charge < -0.3 is 9.30 Å². The number of fused-ring (bicyclic) bond motifs is 3. The maximum absolute atomic E-state index is 13.1. The first-order valence-electron chi connectivity index (χ1n) is 4.89. The summed E-state index contributed by atoms with van der Waals surface area (Å²) in [4.78, 5) is 4.43. The normalized spacial score (nSPS) is 13.6. The first kappa shape index (κ1) is 10.1. The van der Waals surface area contributed by atoms with Crippen LogP contribution in [-0.4, -0.2) is 16.2 Å². The van der Waals surface area contributed by atoms with Crippen LogP contribution in [0.2, 0.25) is 0 Å². The highest BCUT2D eigenvalue weighted by molar-refractivity contribution is 14.1. The Morgan fingerprint density at radius 3 is 3.19 bits per heavy atom. The molecule has 0 unspecified atom stereocenters. The molecule has 1 aromatic heterocycles. The van der Waals surface area contributed by atoms with Gasteiger partial charge in [0.2, 0.25) is 0 Å². The number of ether oxygens (including phenoxy) is 1. The molecule has 1 aliphatic heterocycles. The van der Waals surface area contributed by atoms with Gasteiger partial charge in [0.25, 0.3) is 0 Å². The van der Waals surface area contributed by atoms with Gasteiger partial charge in [-0.3, -0.25) is 0 Å². The minimum absolute atomic E-state index is 0.284. The van der Waals surface area contributed by atoms with E-state index in [9.17, 15) is 4.39 Å².